The molecule has 0 bridgehead atoms. The first-order chi connectivity index (χ1) is 6.79. The first-order valence-electron chi connectivity index (χ1n) is 4.65. The molecule has 0 heterocycles. The number of carbonyl (C=O) groups excluding carboxylic acids is 1. The van der Waals surface area contributed by atoms with Crippen molar-refractivity contribution in [2.45, 2.75) is 18.7 Å². The van der Waals surface area contributed by atoms with E-state index in [9.17, 15) is 4.79 Å². The second kappa shape index (κ2) is 6.63. The van der Waals surface area contributed by atoms with Crippen molar-refractivity contribution in [3.63, 3.8) is 0 Å². The number of rotatable bonds is 6. The van der Waals surface area contributed by atoms with Gasteiger partial charge in [0.1, 0.15) is 0 Å². The van der Waals surface area contributed by atoms with E-state index < -0.39 is 0 Å². The van der Waals surface area contributed by atoms with Gasteiger partial charge in [-0.3, -0.25) is 0 Å². The van der Waals surface area contributed by atoms with E-state index in [4.69, 9.17) is 0 Å². The van der Waals surface area contributed by atoms with Crippen LogP contribution in [0.1, 0.15) is 13.3 Å². The van der Waals surface area contributed by atoms with Crippen LogP contribution in [0.4, 0.5) is 5.69 Å². The summed E-state index contributed by atoms with van der Waals surface area (Å²) >= 11 is 0.529. The van der Waals surface area contributed by atoms with Gasteiger partial charge < -0.3 is 0 Å². The predicted octanol–water partition coefficient (Wildman–Crippen LogP) is 2.16. The molecule has 1 aromatic rings. The minimum atomic E-state index is 0.298. The van der Waals surface area contributed by atoms with Crippen molar-refractivity contribution in [2.75, 3.05) is 10.8 Å². The Morgan fingerprint density at radius 3 is 2.71 bits per heavy atom. The Morgan fingerprint density at radius 1 is 1.36 bits per heavy atom. The zero-order chi connectivity index (χ0) is 10.2. The summed E-state index contributed by atoms with van der Waals surface area (Å²) in [7, 11) is 0. The number of ketones is 1. The molecule has 0 aliphatic heterocycles. The van der Waals surface area contributed by atoms with Crippen LogP contribution in [0.5, 0.6) is 0 Å². The van der Waals surface area contributed by atoms with Crippen molar-refractivity contribution in [3.05, 3.63) is 30.3 Å². The summed E-state index contributed by atoms with van der Waals surface area (Å²) in [5.41, 5.74) is 2.17. The van der Waals surface area contributed by atoms with Crippen molar-refractivity contribution in [1.82, 2.24) is 0 Å². The summed E-state index contributed by atoms with van der Waals surface area (Å²) < 4.78 is 0. The molecule has 0 amide bonds. The number of para-hydroxylation sites is 1. The SMILES string of the molecule is CC(=O)CC[Se]CNc1ccccc1. The standard InChI is InChI=1S/C11H15NOSe/c1-10(13)7-8-14-9-12-11-5-3-2-4-6-11/h2-6,12H,7-9H2,1H3. The average Bonchev–Trinajstić information content (AvgIpc) is 2.18. The summed E-state index contributed by atoms with van der Waals surface area (Å²) in [5.74, 6) is 0.298. The van der Waals surface area contributed by atoms with Crippen molar-refractivity contribution >= 4 is 26.4 Å². The number of carbonyl (C=O) groups is 1. The fourth-order valence-corrected chi connectivity index (χ4v) is 2.75. The van der Waals surface area contributed by atoms with Gasteiger partial charge in [-0.2, -0.15) is 0 Å². The van der Waals surface area contributed by atoms with Gasteiger partial charge >= 0.3 is 91.0 Å². The van der Waals surface area contributed by atoms with Crippen LogP contribution in [0.2, 0.25) is 5.32 Å². The number of anilines is 1. The summed E-state index contributed by atoms with van der Waals surface area (Å²) in [4.78, 5) is 10.7. The van der Waals surface area contributed by atoms with Crippen LogP contribution in [0.15, 0.2) is 30.3 Å². The molecule has 14 heavy (non-hydrogen) atoms. The molecule has 1 aromatic carbocycles. The Hall–Kier alpha value is -0.791. The molecule has 0 saturated heterocycles. The first kappa shape index (κ1) is 11.3. The Morgan fingerprint density at radius 2 is 2.07 bits per heavy atom. The van der Waals surface area contributed by atoms with Crippen LogP contribution in [0, 0.1) is 0 Å². The molecule has 1 rings (SSSR count). The van der Waals surface area contributed by atoms with Crippen LogP contribution in [0.25, 0.3) is 0 Å². The van der Waals surface area contributed by atoms with Crippen molar-refractivity contribution < 1.29 is 4.79 Å². The third-order valence-electron chi connectivity index (χ3n) is 1.75. The third-order valence-corrected chi connectivity index (χ3v) is 3.52. The zero-order valence-electron chi connectivity index (χ0n) is 8.32. The molecule has 0 aliphatic carbocycles. The molecule has 0 fully saturated rings. The van der Waals surface area contributed by atoms with E-state index in [1.165, 1.54) is 0 Å². The maximum atomic E-state index is 10.7. The fraction of sp³-hybridized carbons (Fsp3) is 0.364. The molecule has 2 nitrogen and oxygen atoms in total. The van der Waals surface area contributed by atoms with Crippen molar-refractivity contribution in [3.8, 4) is 0 Å². The fourth-order valence-electron chi connectivity index (χ4n) is 0.978. The molecule has 0 aromatic heterocycles. The van der Waals surface area contributed by atoms with E-state index in [-0.39, 0.29) is 0 Å². The van der Waals surface area contributed by atoms with E-state index in [1.54, 1.807) is 6.92 Å². The number of benzene rings is 1. The predicted molar refractivity (Wildman–Crippen MR) is 60.8 cm³/mol. The molecule has 0 unspecified atom stereocenters. The third kappa shape index (κ3) is 5.05. The second-order valence-electron chi connectivity index (χ2n) is 3.05. The van der Waals surface area contributed by atoms with Crippen molar-refractivity contribution in [2.24, 2.45) is 0 Å². The molecule has 76 valence electrons. The summed E-state index contributed by atoms with van der Waals surface area (Å²) in [6, 6.07) is 10.2. The van der Waals surface area contributed by atoms with Gasteiger partial charge in [-0.25, -0.2) is 0 Å². The van der Waals surface area contributed by atoms with Gasteiger partial charge in [-0.1, -0.05) is 0 Å². The van der Waals surface area contributed by atoms with Crippen molar-refractivity contribution in [1.29, 1.82) is 0 Å². The maximum absolute atomic E-state index is 10.7. The minimum absolute atomic E-state index is 0.298. The molecule has 1 N–H and O–H groups in total. The van der Waals surface area contributed by atoms with E-state index in [0.29, 0.717) is 20.7 Å². The average molecular weight is 256 g/mol. The number of Topliss-reactive ketones (excluding diaryl/α,β-unsaturated/α-hetero) is 1. The number of hydrogen-bond acceptors (Lipinski definition) is 2. The van der Waals surface area contributed by atoms with Gasteiger partial charge in [0.2, 0.25) is 0 Å². The van der Waals surface area contributed by atoms with Gasteiger partial charge in [0, 0.05) is 0 Å². The Labute approximate surface area is 91.2 Å². The monoisotopic (exact) mass is 257 g/mol. The van der Waals surface area contributed by atoms with E-state index in [2.05, 4.69) is 17.4 Å². The van der Waals surface area contributed by atoms with Gasteiger partial charge in [0.25, 0.3) is 0 Å². The first-order valence-corrected chi connectivity index (χ1v) is 7.07. The topological polar surface area (TPSA) is 29.1 Å². The molecule has 3 heteroatoms. The van der Waals surface area contributed by atoms with E-state index >= 15 is 0 Å². The van der Waals surface area contributed by atoms with Crippen LogP contribution >= 0.6 is 0 Å². The molecular weight excluding hydrogens is 241 g/mol. The number of nitrogens with one attached hydrogen (secondary N) is 1. The normalized spacial score (nSPS) is 9.79. The quantitative estimate of drug-likeness (QED) is 0.624. The van der Waals surface area contributed by atoms with E-state index in [1.807, 2.05) is 18.2 Å². The molecule has 0 atom stereocenters. The van der Waals surface area contributed by atoms with Gasteiger partial charge in [-0.15, -0.1) is 0 Å². The zero-order valence-corrected chi connectivity index (χ0v) is 10.0. The Balaban J connectivity index is 2.08. The van der Waals surface area contributed by atoms with Crippen LogP contribution in [0.3, 0.4) is 0 Å². The van der Waals surface area contributed by atoms with E-state index in [0.717, 1.165) is 22.9 Å². The Kier molecular flexibility index (Phi) is 5.35. The summed E-state index contributed by atoms with van der Waals surface area (Å²) in [6.45, 7) is 1.65. The van der Waals surface area contributed by atoms with Gasteiger partial charge in [0.05, 0.1) is 0 Å². The summed E-state index contributed by atoms with van der Waals surface area (Å²) in [5, 5.41) is 4.38. The van der Waals surface area contributed by atoms with Crippen LogP contribution in [-0.2, 0) is 4.79 Å². The van der Waals surface area contributed by atoms with Crippen LogP contribution < -0.4 is 5.32 Å². The van der Waals surface area contributed by atoms with Gasteiger partial charge in [0.15, 0.2) is 0 Å². The summed E-state index contributed by atoms with van der Waals surface area (Å²) in [6.07, 6.45) is 0.733. The molecule has 0 spiro atoms. The van der Waals surface area contributed by atoms with Gasteiger partial charge in [-0.05, 0) is 0 Å². The molecular formula is C11H15NOSe. The molecule has 0 radical (unpaired) electrons. The molecule has 0 saturated carbocycles. The van der Waals surface area contributed by atoms with Crippen LogP contribution in [-0.4, -0.2) is 26.2 Å². The number of hydrogen-bond donors (Lipinski definition) is 1. The Bertz CT molecular complexity index is 274. The molecule has 0 aliphatic rings. The second-order valence-corrected chi connectivity index (χ2v) is 5.37.